The Morgan fingerprint density at radius 1 is 1.72 bits per heavy atom. The summed E-state index contributed by atoms with van der Waals surface area (Å²) < 4.78 is 0. The lowest BCUT2D eigenvalue weighted by atomic mass is 10.2. The lowest BCUT2D eigenvalue weighted by molar-refractivity contribution is 0.0910. The van der Waals surface area contributed by atoms with Gasteiger partial charge in [0.25, 0.3) is 5.91 Å². The fourth-order valence-corrected chi connectivity index (χ4v) is 2.49. The predicted molar refractivity (Wildman–Crippen MR) is 69.0 cm³/mol. The molecule has 1 aromatic rings. The van der Waals surface area contributed by atoms with E-state index in [1.165, 1.54) is 11.3 Å². The fraction of sp³-hybridized carbons (Fsp3) is 0.636. The van der Waals surface area contributed by atoms with E-state index >= 15 is 0 Å². The van der Waals surface area contributed by atoms with Gasteiger partial charge in [-0.3, -0.25) is 4.79 Å². The molecule has 18 heavy (non-hydrogen) atoms. The maximum atomic E-state index is 11.8. The standard InChI is InChI=1S/C11H17N3O3S/c1-2-7(5-15)12-10(17)9-6-18-11(13-9)14-3-8(16)4-14/h6-8,15-16H,2-5H2,1H3,(H,12,17)/t7-/m0/s1. The van der Waals surface area contributed by atoms with Gasteiger partial charge in [0.15, 0.2) is 5.13 Å². The van der Waals surface area contributed by atoms with Gasteiger partial charge >= 0.3 is 0 Å². The number of hydrogen-bond acceptors (Lipinski definition) is 6. The van der Waals surface area contributed by atoms with Gasteiger partial charge in [0.2, 0.25) is 0 Å². The van der Waals surface area contributed by atoms with Gasteiger partial charge in [-0.1, -0.05) is 6.92 Å². The molecule has 7 heteroatoms. The van der Waals surface area contributed by atoms with Crippen molar-refractivity contribution in [2.45, 2.75) is 25.5 Å². The number of anilines is 1. The Bertz CT molecular complexity index is 413. The van der Waals surface area contributed by atoms with Crippen molar-refractivity contribution in [2.24, 2.45) is 0 Å². The van der Waals surface area contributed by atoms with Gasteiger partial charge in [-0.15, -0.1) is 11.3 Å². The van der Waals surface area contributed by atoms with Gasteiger partial charge in [0, 0.05) is 18.5 Å². The van der Waals surface area contributed by atoms with Crippen LogP contribution in [0.4, 0.5) is 5.13 Å². The fourth-order valence-electron chi connectivity index (χ4n) is 1.66. The second kappa shape index (κ2) is 5.64. The van der Waals surface area contributed by atoms with E-state index in [-0.39, 0.29) is 24.7 Å². The minimum Gasteiger partial charge on any atom is -0.394 e. The number of β-amino-alcohol motifs (C(OH)–C–C–N with tert-alkyl or cyclic N) is 1. The van der Waals surface area contributed by atoms with Crippen molar-refractivity contribution in [1.29, 1.82) is 0 Å². The molecule has 1 aliphatic rings. The first kappa shape index (κ1) is 13.3. The molecule has 1 amide bonds. The SMILES string of the molecule is CC[C@@H](CO)NC(=O)c1csc(N2CC(O)C2)n1. The van der Waals surface area contributed by atoms with Crippen LogP contribution in [0.15, 0.2) is 5.38 Å². The molecule has 1 aromatic heterocycles. The van der Waals surface area contributed by atoms with Crippen molar-refractivity contribution in [2.75, 3.05) is 24.6 Å². The van der Waals surface area contributed by atoms with Crippen LogP contribution in [0.25, 0.3) is 0 Å². The zero-order valence-electron chi connectivity index (χ0n) is 10.2. The summed E-state index contributed by atoms with van der Waals surface area (Å²) in [6.07, 6.45) is 0.391. The number of nitrogens with one attached hydrogen (secondary N) is 1. The Labute approximate surface area is 109 Å². The Balaban J connectivity index is 1.95. The largest absolute Gasteiger partial charge is 0.394 e. The summed E-state index contributed by atoms with van der Waals surface area (Å²) in [6, 6.07) is -0.228. The summed E-state index contributed by atoms with van der Waals surface area (Å²) in [5.41, 5.74) is 0.364. The number of aliphatic hydroxyl groups excluding tert-OH is 2. The second-order valence-corrected chi connectivity index (χ2v) is 5.17. The molecule has 2 rings (SSSR count). The van der Waals surface area contributed by atoms with Crippen LogP contribution in [-0.4, -0.2) is 52.9 Å². The van der Waals surface area contributed by atoms with E-state index < -0.39 is 0 Å². The number of hydrogen-bond donors (Lipinski definition) is 3. The van der Waals surface area contributed by atoms with E-state index in [0.717, 1.165) is 5.13 Å². The first-order chi connectivity index (χ1) is 8.63. The van der Waals surface area contributed by atoms with Gasteiger partial charge in [-0.25, -0.2) is 4.98 Å². The number of aromatic nitrogens is 1. The van der Waals surface area contributed by atoms with E-state index in [4.69, 9.17) is 5.11 Å². The molecule has 1 atom stereocenters. The van der Waals surface area contributed by atoms with E-state index in [2.05, 4.69) is 10.3 Å². The van der Waals surface area contributed by atoms with Crippen LogP contribution in [0.2, 0.25) is 0 Å². The number of amides is 1. The van der Waals surface area contributed by atoms with Crippen LogP contribution in [0.5, 0.6) is 0 Å². The molecular formula is C11H17N3O3S. The highest BCUT2D eigenvalue weighted by atomic mass is 32.1. The van der Waals surface area contributed by atoms with Crippen molar-refractivity contribution in [1.82, 2.24) is 10.3 Å². The van der Waals surface area contributed by atoms with E-state index in [9.17, 15) is 9.90 Å². The lowest BCUT2D eigenvalue weighted by Crippen LogP contribution is -2.50. The summed E-state index contributed by atoms with van der Waals surface area (Å²) >= 11 is 1.39. The first-order valence-corrected chi connectivity index (χ1v) is 6.82. The smallest absolute Gasteiger partial charge is 0.271 e. The number of rotatable bonds is 5. The van der Waals surface area contributed by atoms with Crippen LogP contribution in [0.3, 0.4) is 0 Å². The molecular weight excluding hydrogens is 254 g/mol. The van der Waals surface area contributed by atoms with Crippen molar-refractivity contribution >= 4 is 22.4 Å². The molecule has 0 aromatic carbocycles. The lowest BCUT2D eigenvalue weighted by Gasteiger charge is -2.35. The predicted octanol–water partition coefficient (Wildman–Crippen LogP) is -0.175. The minimum atomic E-state index is -0.287. The second-order valence-electron chi connectivity index (χ2n) is 4.34. The van der Waals surface area contributed by atoms with Crippen molar-refractivity contribution in [3.8, 4) is 0 Å². The van der Waals surface area contributed by atoms with Gasteiger partial charge in [0.05, 0.1) is 18.8 Å². The highest BCUT2D eigenvalue weighted by Crippen LogP contribution is 2.25. The highest BCUT2D eigenvalue weighted by molar-refractivity contribution is 7.14. The van der Waals surface area contributed by atoms with E-state index in [0.29, 0.717) is 25.2 Å². The molecule has 0 spiro atoms. The molecule has 0 aliphatic carbocycles. The number of aliphatic hydroxyl groups is 2. The Morgan fingerprint density at radius 3 is 3.00 bits per heavy atom. The van der Waals surface area contributed by atoms with Crippen molar-refractivity contribution < 1.29 is 15.0 Å². The topological polar surface area (TPSA) is 85.7 Å². The molecule has 1 saturated heterocycles. The summed E-state index contributed by atoms with van der Waals surface area (Å²) in [6.45, 7) is 2.97. The molecule has 1 aliphatic heterocycles. The number of carbonyl (C=O) groups excluding carboxylic acids is 1. The zero-order chi connectivity index (χ0) is 13.1. The van der Waals surface area contributed by atoms with Crippen molar-refractivity contribution in [3.63, 3.8) is 0 Å². The summed E-state index contributed by atoms with van der Waals surface area (Å²) in [5, 5.41) is 23.4. The van der Waals surface area contributed by atoms with E-state index in [1.807, 2.05) is 11.8 Å². The van der Waals surface area contributed by atoms with Gasteiger partial charge in [-0.05, 0) is 6.42 Å². The zero-order valence-corrected chi connectivity index (χ0v) is 11.0. The molecule has 2 heterocycles. The Hall–Kier alpha value is -1.18. The van der Waals surface area contributed by atoms with E-state index in [1.54, 1.807) is 5.38 Å². The molecule has 0 radical (unpaired) electrons. The van der Waals surface area contributed by atoms with Crippen LogP contribution >= 0.6 is 11.3 Å². The van der Waals surface area contributed by atoms with Crippen LogP contribution in [0.1, 0.15) is 23.8 Å². The first-order valence-electron chi connectivity index (χ1n) is 5.94. The summed E-state index contributed by atoms with van der Waals surface area (Å²) in [5.74, 6) is -0.264. The van der Waals surface area contributed by atoms with Gasteiger partial charge in [0.1, 0.15) is 5.69 Å². The monoisotopic (exact) mass is 271 g/mol. The average molecular weight is 271 g/mol. The Kier molecular flexibility index (Phi) is 4.15. The maximum Gasteiger partial charge on any atom is 0.271 e. The third-order valence-corrected chi connectivity index (χ3v) is 3.81. The van der Waals surface area contributed by atoms with Crippen molar-refractivity contribution in [3.05, 3.63) is 11.1 Å². The normalized spacial score (nSPS) is 17.4. The average Bonchev–Trinajstić information content (AvgIpc) is 2.81. The summed E-state index contributed by atoms with van der Waals surface area (Å²) in [4.78, 5) is 18.0. The Morgan fingerprint density at radius 2 is 2.44 bits per heavy atom. The summed E-state index contributed by atoms with van der Waals surface area (Å²) in [7, 11) is 0. The van der Waals surface area contributed by atoms with Gasteiger partial charge in [-0.2, -0.15) is 0 Å². The maximum absolute atomic E-state index is 11.8. The molecule has 100 valence electrons. The van der Waals surface area contributed by atoms with Gasteiger partial charge < -0.3 is 20.4 Å². The van der Waals surface area contributed by atoms with Crippen LogP contribution < -0.4 is 10.2 Å². The molecule has 6 nitrogen and oxygen atoms in total. The number of thiazole rings is 1. The quantitative estimate of drug-likeness (QED) is 0.692. The molecule has 0 saturated carbocycles. The van der Waals surface area contributed by atoms with Crippen LogP contribution in [-0.2, 0) is 0 Å². The molecule has 0 bridgehead atoms. The minimum absolute atomic E-state index is 0.0719. The van der Waals surface area contributed by atoms with Crippen LogP contribution in [0, 0.1) is 0 Å². The third-order valence-electron chi connectivity index (χ3n) is 2.91. The number of carbonyl (C=O) groups is 1. The molecule has 3 N–H and O–H groups in total. The molecule has 0 unspecified atom stereocenters. The number of nitrogens with zero attached hydrogens (tertiary/aromatic N) is 2. The molecule has 1 fully saturated rings. The highest BCUT2D eigenvalue weighted by Gasteiger charge is 2.27. The third kappa shape index (κ3) is 2.80.